The van der Waals surface area contributed by atoms with Crippen molar-refractivity contribution in [2.75, 3.05) is 44.3 Å². The highest BCUT2D eigenvalue weighted by atomic mass is 16.5. The fourth-order valence-electron chi connectivity index (χ4n) is 6.32. The Bertz CT molecular complexity index is 1180. The van der Waals surface area contributed by atoms with E-state index >= 15 is 0 Å². The summed E-state index contributed by atoms with van der Waals surface area (Å²) in [5, 5.41) is 16.4. The van der Waals surface area contributed by atoms with Gasteiger partial charge in [-0.15, -0.1) is 0 Å². The Morgan fingerprint density at radius 3 is 2.33 bits per heavy atom. The van der Waals surface area contributed by atoms with Gasteiger partial charge in [0.2, 0.25) is 5.91 Å². The van der Waals surface area contributed by atoms with Gasteiger partial charge in [0.15, 0.2) is 0 Å². The second-order valence-corrected chi connectivity index (χ2v) is 11.4. The van der Waals surface area contributed by atoms with Crippen LogP contribution in [-0.2, 0) is 9.53 Å². The van der Waals surface area contributed by atoms with Crippen LogP contribution in [-0.4, -0.2) is 67.8 Å². The molecule has 2 aromatic rings. The van der Waals surface area contributed by atoms with Crippen molar-refractivity contribution in [1.29, 1.82) is 5.26 Å². The number of nitriles is 1. The van der Waals surface area contributed by atoms with Crippen molar-refractivity contribution in [2.24, 2.45) is 5.92 Å². The average molecular weight is 544 g/mol. The molecule has 1 atom stereocenters. The molecule has 3 amide bonds. The molecule has 0 radical (unpaired) electrons. The number of carbonyl (C=O) groups is 2. The van der Waals surface area contributed by atoms with Gasteiger partial charge >= 0.3 is 6.03 Å². The molecule has 2 saturated heterocycles. The molecule has 2 aromatic carbocycles. The lowest BCUT2D eigenvalue weighted by atomic mass is 9.83. The van der Waals surface area contributed by atoms with Crippen molar-refractivity contribution in [3.05, 3.63) is 54.6 Å². The quantitative estimate of drug-likeness (QED) is 0.527. The molecule has 1 unspecified atom stereocenters. The van der Waals surface area contributed by atoms with E-state index in [1.165, 1.54) is 19.3 Å². The number of amides is 3. The third-order valence-electron chi connectivity index (χ3n) is 8.73. The molecule has 212 valence electrons. The zero-order valence-corrected chi connectivity index (χ0v) is 23.3. The largest absolute Gasteiger partial charge is 0.378 e. The maximum atomic E-state index is 13.7. The molecule has 8 heteroatoms. The number of ether oxygens (including phenoxy) is 1. The number of rotatable bonds is 7. The lowest BCUT2D eigenvalue weighted by molar-refractivity contribution is -0.125. The van der Waals surface area contributed by atoms with Gasteiger partial charge in [0.25, 0.3) is 0 Å². The number of para-hydroxylation sites is 1. The fourth-order valence-corrected chi connectivity index (χ4v) is 6.32. The standard InChI is InChI=1S/C32H41N5O3/c33-24-32(15-17-36(18-16-32)29-14-8-7-13-27(29)26-11-5-2-6-12-26)35-30(38)28(23-25-9-3-1-4-10-25)34-31(39)37-19-21-40-22-20-37/h2,5-8,11-14,25,28H,1,3-4,9-10,15-23H2,(H,34,39)(H,35,38). The highest BCUT2D eigenvalue weighted by molar-refractivity contribution is 5.88. The lowest BCUT2D eigenvalue weighted by Crippen LogP contribution is -2.60. The van der Waals surface area contributed by atoms with Crippen molar-refractivity contribution in [3.63, 3.8) is 0 Å². The Balaban J connectivity index is 1.26. The van der Waals surface area contributed by atoms with Crippen molar-refractivity contribution < 1.29 is 14.3 Å². The van der Waals surface area contributed by atoms with Gasteiger partial charge in [-0.2, -0.15) is 5.26 Å². The van der Waals surface area contributed by atoms with Gasteiger partial charge in [-0.3, -0.25) is 4.79 Å². The van der Waals surface area contributed by atoms with E-state index in [2.05, 4.69) is 45.9 Å². The van der Waals surface area contributed by atoms with E-state index in [1.54, 1.807) is 4.90 Å². The minimum atomic E-state index is -0.955. The molecule has 3 aliphatic rings. The van der Waals surface area contributed by atoms with E-state index < -0.39 is 11.6 Å². The Morgan fingerprint density at radius 2 is 1.62 bits per heavy atom. The van der Waals surface area contributed by atoms with Gasteiger partial charge in [0.1, 0.15) is 11.6 Å². The van der Waals surface area contributed by atoms with Crippen LogP contribution in [0, 0.1) is 17.2 Å². The molecular weight excluding hydrogens is 502 g/mol. The molecular formula is C32H41N5O3. The zero-order chi connectivity index (χ0) is 27.8. The first kappa shape index (κ1) is 28.0. The number of anilines is 1. The Kier molecular flexibility index (Phi) is 9.22. The summed E-state index contributed by atoms with van der Waals surface area (Å²) < 4.78 is 5.38. The van der Waals surface area contributed by atoms with Gasteiger partial charge in [-0.05, 0) is 24.0 Å². The second-order valence-electron chi connectivity index (χ2n) is 11.4. The predicted octanol–water partition coefficient (Wildman–Crippen LogP) is 4.71. The van der Waals surface area contributed by atoms with E-state index in [0.717, 1.165) is 29.7 Å². The monoisotopic (exact) mass is 543 g/mol. The lowest BCUT2D eigenvalue weighted by Gasteiger charge is -2.40. The topological polar surface area (TPSA) is 97.7 Å². The third-order valence-corrected chi connectivity index (χ3v) is 8.73. The first-order chi connectivity index (χ1) is 19.6. The Morgan fingerprint density at radius 1 is 0.950 bits per heavy atom. The summed E-state index contributed by atoms with van der Waals surface area (Å²) in [6.45, 7) is 3.37. The Hall–Kier alpha value is -3.57. The third kappa shape index (κ3) is 6.76. The summed E-state index contributed by atoms with van der Waals surface area (Å²) in [5.41, 5.74) is 2.50. The number of hydrogen-bond donors (Lipinski definition) is 2. The summed E-state index contributed by atoms with van der Waals surface area (Å²) in [4.78, 5) is 30.8. The van der Waals surface area contributed by atoms with E-state index in [4.69, 9.17) is 4.74 Å². The summed E-state index contributed by atoms with van der Waals surface area (Å²) in [5.74, 6) is 0.163. The van der Waals surface area contributed by atoms with Gasteiger partial charge in [0, 0.05) is 50.3 Å². The number of carbonyl (C=O) groups excluding carboxylic acids is 2. The SMILES string of the molecule is N#CC1(NC(=O)C(CC2CCCCC2)NC(=O)N2CCOCC2)CCN(c2ccccc2-c2ccccc2)CC1. The number of benzene rings is 2. The molecule has 2 N–H and O–H groups in total. The van der Waals surface area contributed by atoms with Crippen molar-refractivity contribution in [3.8, 4) is 17.2 Å². The number of nitrogens with zero attached hydrogens (tertiary/aromatic N) is 3. The van der Waals surface area contributed by atoms with E-state index in [0.29, 0.717) is 64.6 Å². The van der Waals surface area contributed by atoms with Crippen molar-refractivity contribution in [1.82, 2.24) is 15.5 Å². The van der Waals surface area contributed by atoms with Crippen LogP contribution in [0.4, 0.5) is 10.5 Å². The van der Waals surface area contributed by atoms with Crippen molar-refractivity contribution in [2.45, 2.75) is 62.9 Å². The van der Waals surface area contributed by atoms with E-state index in [-0.39, 0.29) is 11.9 Å². The normalized spacial score (nSPS) is 20.3. The average Bonchev–Trinajstić information content (AvgIpc) is 3.02. The maximum absolute atomic E-state index is 13.7. The summed E-state index contributed by atoms with van der Waals surface area (Å²) >= 11 is 0. The van der Waals surface area contributed by atoms with Gasteiger partial charge in [-0.25, -0.2) is 4.79 Å². The van der Waals surface area contributed by atoms with Crippen molar-refractivity contribution >= 4 is 17.6 Å². The van der Waals surface area contributed by atoms with E-state index in [1.807, 2.05) is 30.3 Å². The maximum Gasteiger partial charge on any atom is 0.318 e. The molecule has 1 aliphatic carbocycles. The molecule has 40 heavy (non-hydrogen) atoms. The van der Waals surface area contributed by atoms with E-state index in [9.17, 15) is 14.9 Å². The molecule has 8 nitrogen and oxygen atoms in total. The smallest absolute Gasteiger partial charge is 0.318 e. The molecule has 0 aromatic heterocycles. The molecule has 5 rings (SSSR count). The molecule has 3 fully saturated rings. The van der Waals surface area contributed by atoms with Crippen LogP contribution in [0.2, 0.25) is 0 Å². The molecule has 2 heterocycles. The molecule has 0 spiro atoms. The molecule has 2 aliphatic heterocycles. The number of nitrogens with one attached hydrogen (secondary N) is 2. The number of morpholine rings is 1. The number of piperidine rings is 1. The second kappa shape index (κ2) is 13.2. The predicted molar refractivity (Wildman–Crippen MR) is 156 cm³/mol. The summed E-state index contributed by atoms with van der Waals surface area (Å²) in [6, 6.07) is 20.2. The highest BCUT2D eigenvalue weighted by Gasteiger charge is 2.39. The van der Waals surface area contributed by atoms with Gasteiger partial charge < -0.3 is 25.2 Å². The van der Waals surface area contributed by atoms with Gasteiger partial charge in [-0.1, -0.05) is 80.6 Å². The summed E-state index contributed by atoms with van der Waals surface area (Å²) in [6.07, 6.45) is 7.37. The zero-order valence-electron chi connectivity index (χ0n) is 23.3. The first-order valence-corrected chi connectivity index (χ1v) is 14.8. The Labute approximate surface area is 237 Å². The first-order valence-electron chi connectivity index (χ1n) is 14.8. The van der Waals surface area contributed by atoms with Crippen LogP contribution in [0.25, 0.3) is 11.1 Å². The fraction of sp³-hybridized carbons (Fsp3) is 0.531. The minimum Gasteiger partial charge on any atom is -0.378 e. The van der Waals surface area contributed by atoms with Crippen LogP contribution in [0.1, 0.15) is 51.4 Å². The van der Waals surface area contributed by atoms with Crippen LogP contribution < -0.4 is 15.5 Å². The molecule has 1 saturated carbocycles. The summed E-state index contributed by atoms with van der Waals surface area (Å²) in [7, 11) is 0. The highest BCUT2D eigenvalue weighted by Crippen LogP contribution is 2.34. The number of urea groups is 1. The van der Waals surface area contributed by atoms with Crippen LogP contribution in [0.15, 0.2) is 54.6 Å². The molecule has 0 bridgehead atoms. The number of hydrogen-bond acceptors (Lipinski definition) is 5. The van der Waals surface area contributed by atoms with Crippen LogP contribution >= 0.6 is 0 Å². The minimum absolute atomic E-state index is 0.224. The van der Waals surface area contributed by atoms with Crippen LogP contribution in [0.5, 0.6) is 0 Å². The van der Waals surface area contributed by atoms with Crippen LogP contribution in [0.3, 0.4) is 0 Å². The van der Waals surface area contributed by atoms with Gasteiger partial charge in [0.05, 0.1) is 19.3 Å².